The molecule has 11 nitrogen and oxygen atoms in total. The average molecular weight is 429 g/mol. The van der Waals surface area contributed by atoms with E-state index in [0.29, 0.717) is 47.9 Å². The molecule has 0 spiro atoms. The number of rotatable bonds is 8. The van der Waals surface area contributed by atoms with Crippen molar-refractivity contribution < 1.29 is 18.8 Å². The summed E-state index contributed by atoms with van der Waals surface area (Å²) in [5, 5.41) is 8.89. The summed E-state index contributed by atoms with van der Waals surface area (Å²) < 4.78 is 10.2. The fourth-order valence-corrected chi connectivity index (χ4v) is 3.67. The number of esters is 1. The number of carbonyl (C=O) groups is 2. The molecule has 1 amide bonds. The van der Waals surface area contributed by atoms with Gasteiger partial charge in [-0.1, -0.05) is 5.16 Å². The molecular formula is C18H19N7O4S. The van der Waals surface area contributed by atoms with Gasteiger partial charge in [0, 0.05) is 30.9 Å². The molecule has 0 saturated carbocycles. The number of amides is 1. The normalized spacial score (nSPS) is 14.3. The summed E-state index contributed by atoms with van der Waals surface area (Å²) in [5.41, 5.74) is 1.13. The summed E-state index contributed by atoms with van der Waals surface area (Å²) in [4.78, 5) is 42.4. The van der Waals surface area contributed by atoms with E-state index < -0.39 is 0 Å². The molecule has 3 aromatic heterocycles. The van der Waals surface area contributed by atoms with Gasteiger partial charge < -0.3 is 14.6 Å². The molecule has 3 aromatic rings. The van der Waals surface area contributed by atoms with Crippen molar-refractivity contribution in [2.24, 2.45) is 0 Å². The van der Waals surface area contributed by atoms with Gasteiger partial charge in [-0.2, -0.15) is 4.98 Å². The molecule has 0 atom stereocenters. The third kappa shape index (κ3) is 4.83. The Kier molecular flexibility index (Phi) is 6.05. The topological polar surface area (TPSA) is 136 Å². The highest BCUT2D eigenvalue weighted by atomic mass is 32.1. The molecule has 0 radical (unpaired) electrons. The Morgan fingerprint density at radius 3 is 2.97 bits per heavy atom. The SMILES string of the molecule is CCOC(=O)Cc1csc(NC(=O)CN2CC(c3nc(-c4cnccn4)no3)C2)n1. The zero-order valence-electron chi connectivity index (χ0n) is 16.1. The Morgan fingerprint density at radius 2 is 2.20 bits per heavy atom. The van der Waals surface area contributed by atoms with E-state index in [1.165, 1.54) is 11.3 Å². The van der Waals surface area contributed by atoms with Crippen LogP contribution in [0, 0.1) is 0 Å². The van der Waals surface area contributed by atoms with E-state index in [-0.39, 0.29) is 30.8 Å². The van der Waals surface area contributed by atoms with E-state index >= 15 is 0 Å². The number of carbonyl (C=O) groups excluding carboxylic acids is 2. The first-order valence-electron chi connectivity index (χ1n) is 9.33. The van der Waals surface area contributed by atoms with Crippen LogP contribution in [0.1, 0.15) is 24.4 Å². The molecule has 12 heteroatoms. The monoisotopic (exact) mass is 429 g/mol. The van der Waals surface area contributed by atoms with Crippen LogP contribution in [0.25, 0.3) is 11.5 Å². The molecule has 0 aliphatic carbocycles. The number of anilines is 1. The van der Waals surface area contributed by atoms with Crippen LogP contribution < -0.4 is 5.32 Å². The second-order valence-electron chi connectivity index (χ2n) is 6.61. The summed E-state index contributed by atoms with van der Waals surface area (Å²) in [6.45, 7) is 3.59. The van der Waals surface area contributed by atoms with E-state index in [1.807, 2.05) is 4.90 Å². The zero-order valence-corrected chi connectivity index (χ0v) is 17.0. The Morgan fingerprint density at radius 1 is 1.33 bits per heavy atom. The molecule has 30 heavy (non-hydrogen) atoms. The Labute approximate surface area is 175 Å². The first-order valence-corrected chi connectivity index (χ1v) is 10.2. The van der Waals surface area contributed by atoms with Crippen LogP contribution >= 0.6 is 11.3 Å². The van der Waals surface area contributed by atoms with Gasteiger partial charge >= 0.3 is 5.97 Å². The number of aromatic nitrogens is 5. The molecule has 0 aromatic carbocycles. The first-order chi connectivity index (χ1) is 14.6. The number of hydrogen-bond acceptors (Lipinski definition) is 11. The first kappa shape index (κ1) is 20.0. The Balaban J connectivity index is 1.23. The molecule has 1 fully saturated rings. The van der Waals surface area contributed by atoms with Crippen molar-refractivity contribution in [2.45, 2.75) is 19.3 Å². The predicted octanol–water partition coefficient (Wildman–Crippen LogP) is 1.13. The highest BCUT2D eigenvalue weighted by Gasteiger charge is 2.33. The van der Waals surface area contributed by atoms with Gasteiger partial charge in [0.05, 0.1) is 37.4 Å². The van der Waals surface area contributed by atoms with Gasteiger partial charge in [0.1, 0.15) is 5.69 Å². The lowest BCUT2D eigenvalue weighted by Gasteiger charge is -2.36. The average Bonchev–Trinajstić information content (AvgIpc) is 3.35. The van der Waals surface area contributed by atoms with Crippen molar-refractivity contribution >= 4 is 28.3 Å². The predicted molar refractivity (Wildman–Crippen MR) is 106 cm³/mol. The van der Waals surface area contributed by atoms with Crippen LogP contribution in [-0.4, -0.2) is 68.1 Å². The summed E-state index contributed by atoms with van der Waals surface area (Å²) in [5.74, 6) is 0.492. The highest BCUT2D eigenvalue weighted by Crippen LogP contribution is 2.27. The van der Waals surface area contributed by atoms with Crippen LogP contribution in [0.5, 0.6) is 0 Å². The second kappa shape index (κ2) is 9.05. The van der Waals surface area contributed by atoms with Crippen molar-refractivity contribution in [3.8, 4) is 11.5 Å². The fourth-order valence-electron chi connectivity index (χ4n) is 2.94. The quantitative estimate of drug-likeness (QED) is 0.519. The standard InChI is InChI=1S/C18H19N7O4S/c1-2-28-15(27)5-12-10-30-18(21-12)22-14(26)9-25-7-11(8-25)17-23-16(24-29-17)13-6-19-3-4-20-13/h3-4,6,10-11H,2,5,7-9H2,1H3,(H,21,22,26). The lowest BCUT2D eigenvalue weighted by Crippen LogP contribution is -2.48. The molecule has 0 unspecified atom stereocenters. The molecular weight excluding hydrogens is 410 g/mol. The van der Waals surface area contributed by atoms with Gasteiger partial charge in [0.15, 0.2) is 5.13 Å². The van der Waals surface area contributed by atoms with Gasteiger partial charge in [0.2, 0.25) is 17.6 Å². The summed E-state index contributed by atoms with van der Waals surface area (Å²) in [6, 6.07) is 0. The van der Waals surface area contributed by atoms with Gasteiger partial charge in [0.25, 0.3) is 0 Å². The number of nitrogens with one attached hydrogen (secondary N) is 1. The van der Waals surface area contributed by atoms with E-state index in [4.69, 9.17) is 9.26 Å². The minimum absolute atomic E-state index is 0.0757. The molecule has 4 rings (SSSR count). The highest BCUT2D eigenvalue weighted by molar-refractivity contribution is 7.13. The third-order valence-electron chi connectivity index (χ3n) is 4.34. The Hall–Kier alpha value is -3.25. The number of hydrogen-bond donors (Lipinski definition) is 1. The second-order valence-corrected chi connectivity index (χ2v) is 7.47. The van der Waals surface area contributed by atoms with Crippen molar-refractivity contribution in [1.82, 2.24) is 30.0 Å². The molecule has 156 valence electrons. The summed E-state index contributed by atoms with van der Waals surface area (Å²) >= 11 is 1.28. The number of nitrogens with zero attached hydrogens (tertiary/aromatic N) is 6. The maximum atomic E-state index is 12.2. The lowest BCUT2D eigenvalue weighted by molar-refractivity contribution is -0.142. The number of thiazole rings is 1. The van der Waals surface area contributed by atoms with Gasteiger partial charge in [-0.15, -0.1) is 11.3 Å². The van der Waals surface area contributed by atoms with Crippen molar-refractivity contribution in [1.29, 1.82) is 0 Å². The molecule has 1 N–H and O–H groups in total. The molecule has 1 aliphatic rings. The molecule has 1 aliphatic heterocycles. The molecule has 4 heterocycles. The maximum absolute atomic E-state index is 12.2. The van der Waals surface area contributed by atoms with Crippen molar-refractivity contribution in [2.75, 3.05) is 31.6 Å². The fraction of sp³-hybridized carbons (Fsp3) is 0.389. The zero-order chi connectivity index (χ0) is 20.9. The minimum atomic E-state index is -0.337. The van der Waals surface area contributed by atoms with E-state index in [2.05, 4.69) is 30.4 Å². The van der Waals surface area contributed by atoms with Gasteiger partial charge in [-0.3, -0.25) is 19.5 Å². The number of likely N-dealkylation sites (tertiary alicyclic amines) is 1. The van der Waals surface area contributed by atoms with E-state index in [9.17, 15) is 9.59 Å². The van der Waals surface area contributed by atoms with Crippen LogP contribution in [0.3, 0.4) is 0 Å². The van der Waals surface area contributed by atoms with Crippen LogP contribution in [-0.2, 0) is 20.7 Å². The molecule has 1 saturated heterocycles. The smallest absolute Gasteiger partial charge is 0.311 e. The van der Waals surface area contributed by atoms with Gasteiger partial charge in [-0.05, 0) is 6.92 Å². The lowest BCUT2D eigenvalue weighted by atomic mass is 10.0. The minimum Gasteiger partial charge on any atom is -0.466 e. The Bertz CT molecular complexity index is 1020. The van der Waals surface area contributed by atoms with E-state index in [1.54, 1.807) is 30.9 Å². The van der Waals surface area contributed by atoms with Crippen LogP contribution in [0.2, 0.25) is 0 Å². The number of ether oxygens (including phenoxy) is 1. The van der Waals surface area contributed by atoms with E-state index in [0.717, 1.165) is 0 Å². The van der Waals surface area contributed by atoms with Crippen LogP contribution in [0.4, 0.5) is 5.13 Å². The van der Waals surface area contributed by atoms with Crippen molar-refractivity contribution in [3.63, 3.8) is 0 Å². The van der Waals surface area contributed by atoms with Crippen molar-refractivity contribution in [3.05, 3.63) is 35.6 Å². The third-order valence-corrected chi connectivity index (χ3v) is 5.14. The maximum Gasteiger partial charge on any atom is 0.311 e. The summed E-state index contributed by atoms with van der Waals surface area (Å²) in [6.07, 6.45) is 4.81. The summed E-state index contributed by atoms with van der Waals surface area (Å²) in [7, 11) is 0. The van der Waals surface area contributed by atoms with Crippen LogP contribution in [0.15, 0.2) is 28.5 Å². The largest absolute Gasteiger partial charge is 0.466 e. The van der Waals surface area contributed by atoms with Gasteiger partial charge in [-0.25, -0.2) is 9.97 Å². The molecule has 0 bridgehead atoms.